The van der Waals surface area contributed by atoms with E-state index in [0.29, 0.717) is 13.2 Å². The average Bonchev–Trinajstić information content (AvgIpc) is 2.25. The second kappa shape index (κ2) is 5.62. The standard InChI is InChI=1S/C11H17NO2/c1-3-14-8-9-4-5-11(13-2)10(6-9)7-12/h4-6H,3,7-8,12H2,1-2H3. The van der Waals surface area contributed by atoms with Crippen molar-refractivity contribution in [1.82, 2.24) is 0 Å². The molecule has 14 heavy (non-hydrogen) atoms. The highest BCUT2D eigenvalue weighted by Crippen LogP contribution is 2.19. The molecule has 3 heteroatoms. The predicted octanol–water partition coefficient (Wildman–Crippen LogP) is 1.69. The molecule has 2 N–H and O–H groups in total. The fraction of sp³-hybridized carbons (Fsp3) is 0.455. The van der Waals surface area contributed by atoms with Gasteiger partial charge in [0, 0.05) is 18.7 Å². The van der Waals surface area contributed by atoms with Gasteiger partial charge in [0.25, 0.3) is 0 Å². The van der Waals surface area contributed by atoms with E-state index in [1.54, 1.807) is 7.11 Å². The highest BCUT2D eigenvalue weighted by Gasteiger charge is 2.02. The van der Waals surface area contributed by atoms with E-state index in [1.807, 2.05) is 25.1 Å². The van der Waals surface area contributed by atoms with Gasteiger partial charge >= 0.3 is 0 Å². The van der Waals surface area contributed by atoms with E-state index in [9.17, 15) is 0 Å². The minimum absolute atomic E-state index is 0.489. The molecule has 0 spiro atoms. The Morgan fingerprint density at radius 3 is 2.71 bits per heavy atom. The van der Waals surface area contributed by atoms with Gasteiger partial charge in [0.1, 0.15) is 5.75 Å². The third kappa shape index (κ3) is 2.72. The van der Waals surface area contributed by atoms with Crippen molar-refractivity contribution in [2.45, 2.75) is 20.1 Å². The SMILES string of the molecule is CCOCc1ccc(OC)c(CN)c1. The molecule has 0 atom stereocenters. The third-order valence-electron chi connectivity index (χ3n) is 2.04. The lowest BCUT2D eigenvalue weighted by Gasteiger charge is -2.09. The normalized spacial score (nSPS) is 10.2. The molecule has 0 saturated heterocycles. The van der Waals surface area contributed by atoms with Crippen molar-refractivity contribution >= 4 is 0 Å². The third-order valence-corrected chi connectivity index (χ3v) is 2.04. The molecule has 1 rings (SSSR count). The number of hydrogen-bond acceptors (Lipinski definition) is 3. The van der Waals surface area contributed by atoms with Crippen LogP contribution in [0.5, 0.6) is 5.75 Å². The summed E-state index contributed by atoms with van der Waals surface area (Å²) < 4.78 is 10.5. The van der Waals surface area contributed by atoms with Gasteiger partial charge in [0.05, 0.1) is 13.7 Å². The molecule has 1 aromatic rings. The molecule has 0 radical (unpaired) electrons. The maximum atomic E-state index is 5.60. The van der Waals surface area contributed by atoms with Crippen LogP contribution in [0.25, 0.3) is 0 Å². The minimum Gasteiger partial charge on any atom is -0.496 e. The van der Waals surface area contributed by atoms with Crippen molar-refractivity contribution in [3.63, 3.8) is 0 Å². The fourth-order valence-electron chi connectivity index (χ4n) is 1.30. The maximum Gasteiger partial charge on any atom is 0.123 e. The smallest absolute Gasteiger partial charge is 0.123 e. The van der Waals surface area contributed by atoms with Gasteiger partial charge in [0.15, 0.2) is 0 Å². The molecule has 0 fully saturated rings. The van der Waals surface area contributed by atoms with Crippen LogP contribution in [0.4, 0.5) is 0 Å². The molecule has 0 heterocycles. The van der Waals surface area contributed by atoms with Gasteiger partial charge in [-0.3, -0.25) is 0 Å². The predicted molar refractivity (Wildman–Crippen MR) is 56.2 cm³/mol. The summed E-state index contributed by atoms with van der Waals surface area (Å²) in [5.74, 6) is 0.841. The monoisotopic (exact) mass is 195 g/mol. The van der Waals surface area contributed by atoms with E-state index in [4.69, 9.17) is 15.2 Å². The summed E-state index contributed by atoms with van der Waals surface area (Å²) in [7, 11) is 1.65. The van der Waals surface area contributed by atoms with Gasteiger partial charge in [-0.15, -0.1) is 0 Å². The van der Waals surface area contributed by atoms with Crippen LogP contribution < -0.4 is 10.5 Å². The fourth-order valence-corrected chi connectivity index (χ4v) is 1.30. The molecular formula is C11H17NO2. The first-order valence-corrected chi connectivity index (χ1v) is 4.75. The molecule has 3 nitrogen and oxygen atoms in total. The number of ether oxygens (including phenoxy) is 2. The van der Waals surface area contributed by atoms with Crippen molar-refractivity contribution < 1.29 is 9.47 Å². The van der Waals surface area contributed by atoms with Crippen molar-refractivity contribution in [1.29, 1.82) is 0 Å². The Morgan fingerprint density at radius 1 is 1.36 bits per heavy atom. The first-order chi connectivity index (χ1) is 6.81. The van der Waals surface area contributed by atoms with Crippen LogP contribution in [0, 0.1) is 0 Å². The molecular weight excluding hydrogens is 178 g/mol. The average molecular weight is 195 g/mol. The molecule has 78 valence electrons. The Bertz CT molecular complexity index is 287. The Morgan fingerprint density at radius 2 is 2.14 bits per heavy atom. The van der Waals surface area contributed by atoms with Gasteiger partial charge in [0.2, 0.25) is 0 Å². The molecule has 1 aromatic carbocycles. The Balaban J connectivity index is 2.79. The second-order valence-corrected chi connectivity index (χ2v) is 2.99. The van der Waals surface area contributed by atoms with Crippen LogP contribution in [0.15, 0.2) is 18.2 Å². The first kappa shape index (κ1) is 11.0. The Labute approximate surface area is 84.8 Å². The quantitative estimate of drug-likeness (QED) is 0.777. The zero-order valence-corrected chi connectivity index (χ0v) is 8.75. The molecule has 0 unspecified atom stereocenters. The molecule has 0 amide bonds. The molecule has 0 aliphatic carbocycles. The van der Waals surface area contributed by atoms with Crippen LogP contribution in [0.2, 0.25) is 0 Å². The van der Waals surface area contributed by atoms with Crippen molar-refractivity contribution in [2.75, 3.05) is 13.7 Å². The van der Waals surface area contributed by atoms with Gasteiger partial charge in [-0.2, -0.15) is 0 Å². The summed E-state index contributed by atoms with van der Waals surface area (Å²) in [6, 6.07) is 5.94. The van der Waals surface area contributed by atoms with Crippen LogP contribution in [0.1, 0.15) is 18.1 Å². The number of hydrogen-bond donors (Lipinski definition) is 1. The lowest BCUT2D eigenvalue weighted by molar-refractivity contribution is 0.134. The van der Waals surface area contributed by atoms with E-state index >= 15 is 0 Å². The van der Waals surface area contributed by atoms with Gasteiger partial charge < -0.3 is 15.2 Å². The Kier molecular flexibility index (Phi) is 4.43. The summed E-state index contributed by atoms with van der Waals surface area (Å²) in [6.07, 6.45) is 0. The maximum absolute atomic E-state index is 5.60. The van der Waals surface area contributed by atoms with Crippen LogP contribution in [-0.2, 0) is 17.9 Å². The molecule has 0 aliphatic rings. The molecule has 0 aliphatic heterocycles. The topological polar surface area (TPSA) is 44.5 Å². The zero-order chi connectivity index (χ0) is 10.4. The summed E-state index contributed by atoms with van der Waals surface area (Å²) in [4.78, 5) is 0. The van der Waals surface area contributed by atoms with E-state index < -0.39 is 0 Å². The second-order valence-electron chi connectivity index (χ2n) is 2.99. The van der Waals surface area contributed by atoms with Crippen LogP contribution in [-0.4, -0.2) is 13.7 Å². The number of benzene rings is 1. The number of rotatable bonds is 5. The summed E-state index contributed by atoms with van der Waals surface area (Å²) in [5, 5.41) is 0. The highest BCUT2D eigenvalue weighted by molar-refractivity contribution is 5.36. The van der Waals surface area contributed by atoms with Gasteiger partial charge in [-0.25, -0.2) is 0 Å². The lowest BCUT2D eigenvalue weighted by atomic mass is 10.1. The molecule has 0 saturated carbocycles. The minimum atomic E-state index is 0.489. The first-order valence-electron chi connectivity index (χ1n) is 4.75. The molecule has 0 bridgehead atoms. The van der Waals surface area contributed by atoms with Crippen LogP contribution in [0.3, 0.4) is 0 Å². The summed E-state index contributed by atoms with van der Waals surface area (Å²) >= 11 is 0. The lowest BCUT2D eigenvalue weighted by Crippen LogP contribution is -2.01. The van der Waals surface area contributed by atoms with E-state index in [2.05, 4.69) is 0 Å². The summed E-state index contributed by atoms with van der Waals surface area (Å²) in [5.41, 5.74) is 7.75. The number of nitrogens with two attached hydrogens (primary N) is 1. The van der Waals surface area contributed by atoms with Crippen LogP contribution >= 0.6 is 0 Å². The van der Waals surface area contributed by atoms with Crippen molar-refractivity contribution in [2.24, 2.45) is 5.73 Å². The zero-order valence-electron chi connectivity index (χ0n) is 8.75. The van der Waals surface area contributed by atoms with Gasteiger partial charge in [-0.05, 0) is 24.6 Å². The largest absolute Gasteiger partial charge is 0.496 e. The number of methoxy groups -OCH3 is 1. The molecule has 0 aromatic heterocycles. The van der Waals surface area contributed by atoms with Crippen molar-refractivity contribution in [3.05, 3.63) is 29.3 Å². The summed E-state index contributed by atoms with van der Waals surface area (Å²) in [6.45, 7) is 3.83. The Hall–Kier alpha value is -1.06. The van der Waals surface area contributed by atoms with E-state index in [1.165, 1.54) is 0 Å². The highest BCUT2D eigenvalue weighted by atomic mass is 16.5. The van der Waals surface area contributed by atoms with Crippen molar-refractivity contribution in [3.8, 4) is 5.75 Å². The van der Waals surface area contributed by atoms with Gasteiger partial charge in [-0.1, -0.05) is 6.07 Å². The van der Waals surface area contributed by atoms with E-state index in [0.717, 1.165) is 23.5 Å². The van der Waals surface area contributed by atoms with E-state index in [-0.39, 0.29) is 0 Å².